The maximum absolute atomic E-state index is 13.8. The number of pyridine rings is 1. The van der Waals surface area contributed by atoms with Crippen LogP contribution in [0.3, 0.4) is 0 Å². The Bertz CT molecular complexity index is 535. The van der Waals surface area contributed by atoms with E-state index in [2.05, 4.69) is 23.3 Å². The van der Waals surface area contributed by atoms with Gasteiger partial charge in [0.05, 0.1) is 0 Å². The van der Waals surface area contributed by atoms with Crippen molar-refractivity contribution in [1.29, 1.82) is 0 Å². The second-order valence-electron chi connectivity index (χ2n) is 4.64. The molecule has 2 aromatic rings. The SMILES string of the molecule is CCc1ccc(Cc2ccc(CNC)c(F)c2)nc1. The number of hydrogen-bond donors (Lipinski definition) is 1. The van der Waals surface area contributed by atoms with Crippen molar-refractivity contribution in [1.82, 2.24) is 10.3 Å². The molecule has 0 aliphatic heterocycles. The lowest BCUT2D eigenvalue weighted by Crippen LogP contribution is -2.07. The first-order valence-corrected chi connectivity index (χ1v) is 6.58. The first-order valence-electron chi connectivity index (χ1n) is 6.58. The molecule has 100 valence electrons. The summed E-state index contributed by atoms with van der Waals surface area (Å²) in [4.78, 5) is 4.40. The molecule has 1 aromatic carbocycles. The van der Waals surface area contributed by atoms with E-state index in [1.165, 1.54) is 5.56 Å². The van der Waals surface area contributed by atoms with Gasteiger partial charge in [-0.15, -0.1) is 0 Å². The zero-order valence-electron chi connectivity index (χ0n) is 11.4. The zero-order valence-corrected chi connectivity index (χ0v) is 11.4. The lowest BCUT2D eigenvalue weighted by Gasteiger charge is -2.06. The molecule has 19 heavy (non-hydrogen) atoms. The van der Waals surface area contributed by atoms with E-state index in [0.717, 1.165) is 17.7 Å². The Morgan fingerprint density at radius 2 is 1.95 bits per heavy atom. The summed E-state index contributed by atoms with van der Waals surface area (Å²) >= 11 is 0. The molecule has 0 amide bonds. The van der Waals surface area contributed by atoms with Crippen LogP contribution in [0.4, 0.5) is 4.39 Å². The Kier molecular flexibility index (Phi) is 4.63. The minimum atomic E-state index is -0.156. The van der Waals surface area contributed by atoms with Gasteiger partial charge in [-0.2, -0.15) is 0 Å². The van der Waals surface area contributed by atoms with Crippen molar-refractivity contribution in [3.05, 3.63) is 64.7 Å². The lowest BCUT2D eigenvalue weighted by molar-refractivity contribution is 0.599. The quantitative estimate of drug-likeness (QED) is 0.891. The summed E-state index contributed by atoms with van der Waals surface area (Å²) in [5.74, 6) is -0.156. The van der Waals surface area contributed by atoms with Gasteiger partial charge < -0.3 is 5.32 Å². The van der Waals surface area contributed by atoms with Crippen LogP contribution in [0.1, 0.15) is 29.3 Å². The van der Waals surface area contributed by atoms with Gasteiger partial charge in [-0.3, -0.25) is 4.98 Å². The topological polar surface area (TPSA) is 24.9 Å². The summed E-state index contributed by atoms with van der Waals surface area (Å²) in [6, 6.07) is 9.49. The molecule has 3 heteroatoms. The first-order chi connectivity index (χ1) is 9.22. The van der Waals surface area contributed by atoms with Crippen molar-refractivity contribution in [2.45, 2.75) is 26.3 Å². The Morgan fingerprint density at radius 1 is 1.16 bits per heavy atom. The number of benzene rings is 1. The monoisotopic (exact) mass is 258 g/mol. The van der Waals surface area contributed by atoms with Gasteiger partial charge in [-0.1, -0.05) is 25.1 Å². The smallest absolute Gasteiger partial charge is 0.127 e. The second-order valence-corrected chi connectivity index (χ2v) is 4.64. The summed E-state index contributed by atoms with van der Waals surface area (Å²) in [5, 5.41) is 2.95. The fraction of sp³-hybridized carbons (Fsp3) is 0.312. The summed E-state index contributed by atoms with van der Waals surface area (Å²) in [5.41, 5.74) is 3.84. The van der Waals surface area contributed by atoms with Gasteiger partial charge in [0.25, 0.3) is 0 Å². The van der Waals surface area contributed by atoms with Crippen LogP contribution in [0.2, 0.25) is 0 Å². The summed E-state index contributed by atoms with van der Waals surface area (Å²) < 4.78 is 13.8. The number of rotatable bonds is 5. The molecule has 0 saturated heterocycles. The maximum atomic E-state index is 13.8. The van der Waals surface area contributed by atoms with Crippen LogP contribution in [0, 0.1) is 5.82 Å². The van der Waals surface area contributed by atoms with E-state index in [0.29, 0.717) is 18.5 Å². The van der Waals surface area contributed by atoms with E-state index in [-0.39, 0.29) is 5.82 Å². The highest BCUT2D eigenvalue weighted by Crippen LogP contribution is 2.14. The molecule has 0 unspecified atom stereocenters. The van der Waals surface area contributed by atoms with Gasteiger partial charge in [0.1, 0.15) is 5.82 Å². The molecular formula is C16H19FN2. The molecule has 1 N–H and O–H groups in total. The Morgan fingerprint density at radius 3 is 2.53 bits per heavy atom. The van der Waals surface area contributed by atoms with Crippen molar-refractivity contribution in [2.24, 2.45) is 0 Å². The standard InChI is InChI=1S/C16H19FN2/c1-3-12-5-7-15(19-10-12)8-13-4-6-14(11-18-2)16(17)9-13/h4-7,9-10,18H,3,8,11H2,1-2H3. The van der Waals surface area contributed by atoms with E-state index in [1.54, 1.807) is 6.07 Å². The van der Waals surface area contributed by atoms with Crippen LogP contribution in [0.15, 0.2) is 36.5 Å². The van der Waals surface area contributed by atoms with Crippen LogP contribution in [0.5, 0.6) is 0 Å². The van der Waals surface area contributed by atoms with Gasteiger partial charge in [0.2, 0.25) is 0 Å². The van der Waals surface area contributed by atoms with Gasteiger partial charge in [0.15, 0.2) is 0 Å². The highest BCUT2D eigenvalue weighted by Gasteiger charge is 2.04. The highest BCUT2D eigenvalue weighted by molar-refractivity contribution is 5.28. The van der Waals surface area contributed by atoms with E-state index in [1.807, 2.05) is 31.4 Å². The molecule has 0 saturated carbocycles. The molecule has 1 aromatic heterocycles. The van der Waals surface area contributed by atoms with Crippen molar-refractivity contribution < 1.29 is 4.39 Å². The van der Waals surface area contributed by atoms with Crippen LogP contribution < -0.4 is 5.32 Å². The van der Waals surface area contributed by atoms with E-state index >= 15 is 0 Å². The molecule has 2 nitrogen and oxygen atoms in total. The predicted molar refractivity (Wildman–Crippen MR) is 75.6 cm³/mol. The van der Waals surface area contributed by atoms with Gasteiger partial charge in [-0.25, -0.2) is 4.39 Å². The number of nitrogens with zero attached hydrogens (tertiary/aromatic N) is 1. The lowest BCUT2D eigenvalue weighted by atomic mass is 10.1. The molecule has 2 rings (SSSR count). The normalized spacial score (nSPS) is 10.7. The second kappa shape index (κ2) is 6.43. The largest absolute Gasteiger partial charge is 0.316 e. The Labute approximate surface area is 113 Å². The van der Waals surface area contributed by atoms with Crippen LogP contribution in [-0.4, -0.2) is 12.0 Å². The third-order valence-electron chi connectivity index (χ3n) is 3.16. The summed E-state index contributed by atoms with van der Waals surface area (Å²) in [6.07, 6.45) is 3.54. The number of halogens is 1. The molecule has 0 radical (unpaired) electrons. The number of aromatic nitrogens is 1. The fourth-order valence-corrected chi connectivity index (χ4v) is 2.01. The Hall–Kier alpha value is -1.74. The first kappa shape index (κ1) is 13.7. The van der Waals surface area contributed by atoms with E-state index in [4.69, 9.17) is 0 Å². The predicted octanol–water partition coefficient (Wildman–Crippen LogP) is 3.09. The molecule has 0 aliphatic rings. The number of hydrogen-bond acceptors (Lipinski definition) is 2. The van der Waals surface area contributed by atoms with Crippen molar-refractivity contribution in [3.8, 4) is 0 Å². The molecule has 0 bridgehead atoms. The number of nitrogens with one attached hydrogen (secondary N) is 1. The minimum Gasteiger partial charge on any atom is -0.316 e. The van der Waals surface area contributed by atoms with Gasteiger partial charge in [0, 0.05) is 30.4 Å². The molecule has 1 heterocycles. The van der Waals surface area contributed by atoms with Crippen LogP contribution >= 0.6 is 0 Å². The van der Waals surface area contributed by atoms with E-state index in [9.17, 15) is 4.39 Å². The minimum absolute atomic E-state index is 0.156. The van der Waals surface area contributed by atoms with Crippen molar-refractivity contribution in [2.75, 3.05) is 7.05 Å². The molecule has 0 atom stereocenters. The summed E-state index contributed by atoms with van der Waals surface area (Å²) in [7, 11) is 1.81. The third-order valence-corrected chi connectivity index (χ3v) is 3.16. The highest BCUT2D eigenvalue weighted by atomic mass is 19.1. The molecule has 0 aliphatic carbocycles. The van der Waals surface area contributed by atoms with Gasteiger partial charge in [-0.05, 0) is 36.7 Å². The van der Waals surface area contributed by atoms with Crippen LogP contribution in [-0.2, 0) is 19.4 Å². The molecular weight excluding hydrogens is 239 g/mol. The average molecular weight is 258 g/mol. The zero-order chi connectivity index (χ0) is 13.7. The fourth-order valence-electron chi connectivity index (χ4n) is 2.01. The number of aryl methyl sites for hydroxylation is 1. The van der Waals surface area contributed by atoms with E-state index < -0.39 is 0 Å². The molecule has 0 fully saturated rings. The van der Waals surface area contributed by atoms with Crippen molar-refractivity contribution in [3.63, 3.8) is 0 Å². The van der Waals surface area contributed by atoms with Crippen LogP contribution in [0.25, 0.3) is 0 Å². The third kappa shape index (κ3) is 3.61. The summed E-state index contributed by atoms with van der Waals surface area (Å²) in [6.45, 7) is 2.65. The maximum Gasteiger partial charge on any atom is 0.127 e. The van der Waals surface area contributed by atoms with Crippen molar-refractivity contribution >= 4 is 0 Å². The van der Waals surface area contributed by atoms with Gasteiger partial charge >= 0.3 is 0 Å². The Balaban J connectivity index is 2.11. The average Bonchev–Trinajstić information content (AvgIpc) is 2.43. The molecule has 0 spiro atoms.